The number of fused-ring (bicyclic) bond motifs is 4. The first-order valence-corrected chi connectivity index (χ1v) is 10.9. The summed E-state index contributed by atoms with van der Waals surface area (Å²) in [7, 11) is 1.25. The molecular formula is C22H26N8O4. The number of nitrogens with zero attached hydrogens (tertiary/aromatic N) is 5. The summed E-state index contributed by atoms with van der Waals surface area (Å²) in [6.45, 7) is 3.80. The van der Waals surface area contributed by atoms with Crippen LogP contribution in [0.25, 0.3) is 22.4 Å². The van der Waals surface area contributed by atoms with Gasteiger partial charge in [-0.05, 0) is 19.1 Å². The third-order valence-electron chi connectivity index (χ3n) is 5.88. The zero-order valence-electron chi connectivity index (χ0n) is 18.9. The highest BCUT2D eigenvalue weighted by Gasteiger charge is 2.38. The number of nitrogens with two attached hydrogens (primary N) is 2. The fourth-order valence-corrected chi connectivity index (χ4v) is 4.34. The van der Waals surface area contributed by atoms with Crippen LogP contribution >= 0.6 is 0 Å². The zero-order valence-corrected chi connectivity index (χ0v) is 18.9. The van der Waals surface area contributed by atoms with Gasteiger partial charge in [-0.25, -0.2) is 25.6 Å². The number of H-pyrrole nitrogens is 1. The number of esters is 1. The highest BCUT2D eigenvalue weighted by atomic mass is 16.5. The molecule has 2 aliphatic heterocycles. The average molecular weight is 467 g/mol. The van der Waals surface area contributed by atoms with Crippen LogP contribution in [0.4, 0.5) is 5.82 Å². The van der Waals surface area contributed by atoms with E-state index < -0.39 is 5.97 Å². The largest absolute Gasteiger partial charge is 0.486 e. The Morgan fingerprint density at radius 2 is 2.21 bits per heavy atom. The van der Waals surface area contributed by atoms with Crippen LogP contribution in [-0.2, 0) is 20.8 Å². The Hall–Kier alpha value is -3.90. The summed E-state index contributed by atoms with van der Waals surface area (Å²) < 4.78 is 16.5. The smallest absolute Gasteiger partial charge is 0.355 e. The first kappa shape index (κ1) is 21.9. The van der Waals surface area contributed by atoms with E-state index in [0.717, 1.165) is 16.6 Å². The minimum absolute atomic E-state index is 0.0420. The van der Waals surface area contributed by atoms with Gasteiger partial charge in [-0.1, -0.05) is 0 Å². The minimum atomic E-state index is -0.672. The Morgan fingerprint density at radius 3 is 3.03 bits per heavy atom. The van der Waals surface area contributed by atoms with E-state index >= 15 is 0 Å². The van der Waals surface area contributed by atoms with Crippen molar-refractivity contribution in [3.8, 4) is 17.1 Å². The number of aromatic nitrogens is 4. The van der Waals surface area contributed by atoms with Crippen molar-refractivity contribution in [3.05, 3.63) is 42.1 Å². The van der Waals surface area contributed by atoms with Crippen LogP contribution in [0.1, 0.15) is 12.6 Å². The van der Waals surface area contributed by atoms with Crippen LogP contribution in [0, 0.1) is 0 Å². The van der Waals surface area contributed by atoms with Gasteiger partial charge in [-0.2, -0.15) is 0 Å². The fourth-order valence-electron chi connectivity index (χ4n) is 4.34. The number of pyridine rings is 1. The second-order valence-corrected chi connectivity index (χ2v) is 8.25. The van der Waals surface area contributed by atoms with Gasteiger partial charge in [0.15, 0.2) is 17.4 Å². The number of methoxy groups -OCH3 is 1. The molecule has 12 heteroatoms. The van der Waals surface area contributed by atoms with Gasteiger partial charge < -0.3 is 34.8 Å². The summed E-state index contributed by atoms with van der Waals surface area (Å²) >= 11 is 0. The molecule has 0 radical (unpaired) electrons. The van der Waals surface area contributed by atoms with Crippen LogP contribution in [0.3, 0.4) is 0 Å². The van der Waals surface area contributed by atoms with Crippen LogP contribution < -0.4 is 21.2 Å². The second-order valence-electron chi connectivity index (χ2n) is 8.25. The van der Waals surface area contributed by atoms with Gasteiger partial charge in [0.1, 0.15) is 23.6 Å². The maximum absolute atomic E-state index is 11.7. The van der Waals surface area contributed by atoms with E-state index in [1.165, 1.54) is 18.3 Å². The molecule has 1 saturated heterocycles. The molecule has 3 aromatic heterocycles. The predicted octanol–water partition coefficient (Wildman–Crippen LogP) is 0.655. The Balaban J connectivity index is 1.62. The molecule has 3 aromatic rings. The molecule has 0 amide bonds. The molecule has 2 aliphatic rings. The lowest BCUT2D eigenvalue weighted by Crippen LogP contribution is -2.56. The van der Waals surface area contributed by atoms with E-state index in [1.807, 2.05) is 18.3 Å². The molecule has 178 valence electrons. The monoisotopic (exact) mass is 466 g/mol. The summed E-state index contributed by atoms with van der Waals surface area (Å²) in [6, 6.07) is 3.96. The Labute approximate surface area is 195 Å². The SMILES string of the molecule is COC(=O)/C(N)=C/N(N)Cc1nc(-c2ccnc3[nH]ccc23)nc2c1OC[C@@H]1COC[C@@H](C)N21. The van der Waals surface area contributed by atoms with E-state index in [1.54, 1.807) is 6.20 Å². The molecule has 0 spiro atoms. The molecule has 0 saturated carbocycles. The van der Waals surface area contributed by atoms with Gasteiger partial charge in [0, 0.05) is 29.5 Å². The molecule has 34 heavy (non-hydrogen) atoms. The maximum Gasteiger partial charge on any atom is 0.355 e. The van der Waals surface area contributed by atoms with Gasteiger partial charge in [0.2, 0.25) is 0 Å². The van der Waals surface area contributed by atoms with E-state index in [4.69, 9.17) is 31.0 Å². The van der Waals surface area contributed by atoms with Gasteiger partial charge in [-0.15, -0.1) is 0 Å². The van der Waals surface area contributed by atoms with Crippen molar-refractivity contribution < 1.29 is 19.0 Å². The highest BCUT2D eigenvalue weighted by Crippen LogP contribution is 2.39. The lowest BCUT2D eigenvalue weighted by atomic mass is 10.1. The maximum atomic E-state index is 11.7. The molecule has 12 nitrogen and oxygen atoms in total. The second kappa shape index (κ2) is 8.80. The number of morpholine rings is 1. The quantitative estimate of drug-likeness (QED) is 0.210. The fraction of sp³-hybridized carbons (Fsp3) is 0.364. The summed E-state index contributed by atoms with van der Waals surface area (Å²) in [5.74, 6) is 7.24. The molecule has 5 N–H and O–H groups in total. The number of carbonyl (C=O) groups excluding carboxylic acids is 1. The van der Waals surface area contributed by atoms with E-state index in [9.17, 15) is 4.79 Å². The average Bonchev–Trinajstić information content (AvgIpc) is 3.32. The first-order chi connectivity index (χ1) is 16.5. The number of nitrogens with one attached hydrogen (secondary N) is 1. The van der Waals surface area contributed by atoms with Crippen LogP contribution in [0.15, 0.2) is 36.4 Å². The minimum Gasteiger partial charge on any atom is -0.486 e. The lowest BCUT2D eigenvalue weighted by Gasteiger charge is -2.44. The Morgan fingerprint density at radius 1 is 1.35 bits per heavy atom. The van der Waals surface area contributed by atoms with Crippen molar-refractivity contribution in [1.29, 1.82) is 0 Å². The molecule has 2 atom stereocenters. The van der Waals surface area contributed by atoms with Crippen LogP contribution in [0.2, 0.25) is 0 Å². The Kier molecular flexibility index (Phi) is 5.67. The van der Waals surface area contributed by atoms with Crippen molar-refractivity contribution in [3.63, 3.8) is 0 Å². The number of rotatable bonds is 5. The molecule has 0 bridgehead atoms. The summed E-state index contributed by atoms with van der Waals surface area (Å²) in [4.78, 5) is 31.2. The number of hydrogen-bond acceptors (Lipinski definition) is 11. The van der Waals surface area contributed by atoms with Gasteiger partial charge in [0.05, 0.1) is 39.0 Å². The molecule has 5 rings (SSSR count). The van der Waals surface area contributed by atoms with Crippen molar-refractivity contribution in [2.75, 3.05) is 31.8 Å². The Bertz CT molecular complexity index is 1260. The molecule has 0 aliphatic carbocycles. The van der Waals surface area contributed by atoms with Crippen molar-refractivity contribution in [1.82, 2.24) is 24.9 Å². The number of hydrazine groups is 1. The van der Waals surface area contributed by atoms with E-state index in [2.05, 4.69) is 26.5 Å². The molecule has 0 aromatic carbocycles. The lowest BCUT2D eigenvalue weighted by molar-refractivity contribution is -0.136. The third-order valence-corrected chi connectivity index (χ3v) is 5.88. The van der Waals surface area contributed by atoms with E-state index in [0.29, 0.717) is 42.9 Å². The van der Waals surface area contributed by atoms with Crippen molar-refractivity contribution >= 4 is 22.8 Å². The third kappa shape index (κ3) is 3.86. The molecule has 1 fully saturated rings. The molecule has 5 heterocycles. The van der Waals surface area contributed by atoms with Crippen LogP contribution in [0.5, 0.6) is 5.75 Å². The highest BCUT2D eigenvalue weighted by molar-refractivity contribution is 5.91. The number of hydrogen-bond donors (Lipinski definition) is 3. The van der Waals surface area contributed by atoms with Crippen molar-refractivity contribution in [2.24, 2.45) is 11.6 Å². The first-order valence-electron chi connectivity index (χ1n) is 10.9. The van der Waals surface area contributed by atoms with Gasteiger partial charge in [0.25, 0.3) is 0 Å². The summed E-state index contributed by atoms with van der Waals surface area (Å²) in [5.41, 5.74) is 7.77. The van der Waals surface area contributed by atoms with Gasteiger partial charge >= 0.3 is 5.97 Å². The van der Waals surface area contributed by atoms with Crippen LogP contribution in [-0.4, -0.2) is 69.9 Å². The zero-order chi connectivity index (χ0) is 23.8. The number of anilines is 1. The van der Waals surface area contributed by atoms with Crippen molar-refractivity contribution in [2.45, 2.75) is 25.6 Å². The number of carbonyl (C=O) groups is 1. The summed E-state index contributed by atoms with van der Waals surface area (Å²) in [5, 5.41) is 2.17. The molecule has 0 unspecified atom stereocenters. The normalized spacial score (nSPS) is 19.9. The van der Waals surface area contributed by atoms with Gasteiger partial charge in [-0.3, -0.25) is 0 Å². The standard InChI is InChI=1S/C22H26N8O4/c1-12-9-33-10-13-11-34-18-17(8-29(24)7-16(23)22(31)32-2)27-20(28-21(18)30(12)13)15-4-6-26-19-14(15)3-5-25-19/h3-7,12-13H,8-11,23-24H2,1-2H3,(H,25,26)/b16-7-/t12-,13+/m1/s1. The molecular weight excluding hydrogens is 440 g/mol. The topological polar surface area (TPSA) is 158 Å². The predicted molar refractivity (Wildman–Crippen MR) is 123 cm³/mol. The summed E-state index contributed by atoms with van der Waals surface area (Å²) in [6.07, 6.45) is 4.84. The number of aromatic amines is 1. The van der Waals surface area contributed by atoms with E-state index in [-0.39, 0.29) is 24.3 Å². The number of ether oxygens (including phenoxy) is 3.